The molecule has 4 heteroatoms. The molecule has 1 heterocycles. The SMILES string of the molecule is COc1c(O)ccc2ccc(=O)oc12. The van der Waals surface area contributed by atoms with Crippen LogP contribution < -0.4 is 10.4 Å². The average Bonchev–Trinajstić information content (AvgIpc) is 2.17. The number of rotatable bonds is 1. The highest BCUT2D eigenvalue weighted by atomic mass is 16.5. The largest absolute Gasteiger partial charge is 0.504 e. The second-order valence-corrected chi connectivity index (χ2v) is 2.79. The third-order valence-electron chi connectivity index (χ3n) is 1.93. The molecule has 0 radical (unpaired) electrons. The molecule has 0 unspecified atom stereocenters. The maximum Gasteiger partial charge on any atom is 0.336 e. The number of hydrogen-bond acceptors (Lipinski definition) is 4. The topological polar surface area (TPSA) is 59.7 Å². The van der Waals surface area contributed by atoms with E-state index < -0.39 is 5.63 Å². The zero-order chi connectivity index (χ0) is 10.1. The van der Waals surface area contributed by atoms with Crippen molar-refractivity contribution in [1.29, 1.82) is 0 Å². The predicted molar refractivity (Wildman–Crippen MR) is 50.7 cm³/mol. The summed E-state index contributed by atoms with van der Waals surface area (Å²) >= 11 is 0. The van der Waals surface area contributed by atoms with Crippen LogP contribution in [0.4, 0.5) is 0 Å². The van der Waals surface area contributed by atoms with Crippen LogP contribution in [0.2, 0.25) is 0 Å². The van der Waals surface area contributed by atoms with Crippen LogP contribution in [0, 0.1) is 0 Å². The Bertz CT molecular complexity index is 527. The molecule has 0 saturated heterocycles. The van der Waals surface area contributed by atoms with E-state index in [1.54, 1.807) is 12.1 Å². The average molecular weight is 192 g/mol. The van der Waals surface area contributed by atoms with Crippen molar-refractivity contribution in [2.45, 2.75) is 0 Å². The van der Waals surface area contributed by atoms with Crippen molar-refractivity contribution in [2.75, 3.05) is 7.11 Å². The van der Waals surface area contributed by atoms with Crippen molar-refractivity contribution in [1.82, 2.24) is 0 Å². The third-order valence-corrected chi connectivity index (χ3v) is 1.93. The first-order valence-corrected chi connectivity index (χ1v) is 4.02. The molecule has 1 N–H and O–H groups in total. The lowest BCUT2D eigenvalue weighted by Crippen LogP contribution is -1.96. The molecule has 72 valence electrons. The second kappa shape index (κ2) is 3.06. The Morgan fingerprint density at radius 2 is 2.00 bits per heavy atom. The Kier molecular flexibility index (Phi) is 1.89. The summed E-state index contributed by atoms with van der Waals surface area (Å²) in [5.74, 6) is 0.134. The van der Waals surface area contributed by atoms with Crippen LogP contribution in [0.5, 0.6) is 11.5 Å². The summed E-state index contributed by atoms with van der Waals surface area (Å²) in [6.07, 6.45) is 0. The van der Waals surface area contributed by atoms with Gasteiger partial charge in [-0.2, -0.15) is 0 Å². The fourth-order valence-corrected chi connectivity index (χ4v) is 1.29. The van der Waals surface area contributed by atoms with E-state index >= 15 is 0 Å². The van der Waals surface area contributed by atoms with Crippen LogP contribution in [-0.4, -0.2) is 12.2 Å². The first-order valence-electron chi connectivity index (χ1n) is 4.02. The lowest BCUT2D eigenvalue weighted by molar-refractivity contribution is 0.369. The van der Waals surface area contributed by atoms with Gasteiger partial charge in [0.15, 0.2) is 11.3 Å². The van der Waals surface area contributed by atoms with Crippen LogP contribution in [-0.2, 0) is 0 Å². The van der Waals surface area contributed by atoms with E-state index in [0.717, 1.165) is 0 Å². The molecular formula is C10H8O4. The third kappa shape index (κ3) is 1.21. The Labute approximate surface area is 79.4 Å². The van der Waals surface area contributed by atoms with Crippen LogP contribution in [0.1, 0.15) is 0 Å². The number of fused-ring (bicyclic) bond motifs is 1. The zero-order valence-corrected chi connectivity index (χ0v) is 7.48. The van der Waals surface area contributed by atoms with E-state index in [1.807, 2.05) is 0 Å². The molecule has 2 rings (SSSR count). The predicted octanol–water partition coefficient (Wildman–Crippen LogP) is 1.51. The first kappa shape index (κ1) is 8.62. The standard InChI is InChI=1S/C10H8O4/c1-13-10-7(11)4-2-6-3-5-8(12)14-9(6)10/h2-5,11H,1H3. The van der Waals surface area contributed by atoms with Gasteiger partial charge in [0.25, 0.3) is 0 Å². The zero-order valence-electron chi connectivity index (χ0n) is 7.48. The van der Waals surface area contributed by atoms with Crippen LogP contribution in [0.15, 0.2) is 33.5 Å². The van der Waals surface area contributed by atoms with Gasteiger partial charge in [-0.15, -0.1) is 0 Å². The van der Waals surface area contributed by atoms with E-state index in [-0.39, 0.29) is 17.1 Å². The van der Waals surface area contributed by atoms with Crippen LogP contribution in [0.25, 0.3) is 11.0 Å². The lowest BCUT2D eigenvalue weighted by Gasteiger charge is -2.04. The van der Waals surface area contributed by atoms with Gasteiger partial charge in [-0.05, 0) is 18.2 Å². The van der Waals surface area contributed by atoms with Gasteiger partial charge in [0.2, 0.25) is 5.75 Å². The number of aromatic hydroxyl groups is 1. The van der Waals surface area contributed by atoms with E-state index in [1.165, 1.54) is 19.2 Å². The van der Waals surface area contributed by atoms with Crippen molar-refractivity contribution in [3.05, 3.63) is 34.7 Å². The highest BCUT2D eigenvalue weighted by molar-refractivity contribution is 5.84. The minimum Gasteiger partial charge on any atom is -0.504 e. The molecule has 0 saturated carbocycles. The molecule has 0 aliphatic rings. The van der Waals surface area contributed by atoms with Gasteiger partial charge in [-0.25, -0.2) is 4.79 Å². The number of phenols is 1. The van der Waals surface area contributed by atoms with Crippen LogP contribution >= 0.6 is 0 Å². The van der Waals surface area contributed by atoms with Crippen molar-refractivity contribution in [3.63, 3.8) is 0 Å². The molecule has 0 fully saturated rings. The van der Waals surface area contributed by atoms with E-state index in [2.05, 4.69) is 0 Å². The Hall–Kier alpha value is -1.97. The first-order chi connectivity index (χ1) is 6.72. The highest BCUT2D eigenvalue weighted by Crippen LogP contribution is 2.33. The van der Waals surface area contributed by atoms with Gasteiger partial charge >= 0.3 is 5.63 Å². The molecule has 0 spiro atoms. The summed E-state index contributed by atoms with van der Waals surface area (Å²) in [5, 5.41) is 10.1. The quantitative estimate of drug-likeness (QED) is 0.695. The number of benzene rings is 1. The van der Waals surface area contributed by atoms with E-state index in [0.29, 0.717) is 5.39 Å². The van der Waals surface area contributed by atoms with Gasteiger partial charge in [0.05, 0.1) is 7.11 Å². The molecule has 0 aliphatic carbocycles. The highest BCUT2D eigenvalue weighted by Gasteiger charge is 2.09. The summed E-state index contributed by atoms with van der Waals surface area (Å²) in [6, 6.07) is 6.07. The fourth-order valence-electron chi connectivity index (χ4n) is 1.29. The van der Waals surface area contributed by atoms with Crippen molar-refractivity contribution < 1.29 is 14.3 Å². The maximum atomic E-state index is 11.0. The summed E-state index contributed by atoms with van der Waals surface area (Å²) in [5.41, 5.74) is -0.207. The van der Waals surface area contributed by atoms with Crippen molar-refractivity contribution in [2.24, 2.45) is 0 Å². The number of methoxy groups -OCH3 is 1. The van der Waals surface area contributed by atoms with Gasteiger partial charge < -0.3 is 14.3 Å². The monoisotopic (exact) mass is 192 g/mol. The molecule has 2 aromatic rings. The van der Waals surface area contributed by atoms with Gasteiger partial charge in [-0.3, -0.25) is 0 Å². The summed E-state index contributed by atoms with van der Waals surface area (Å²) in [7, 11) is 1.40. The summed E-state index contributed by atoms with van der Waals surface area (Å²) in [6.45, 7) is 0. The number of phenolic OH excluding ortho intramolecular Hbond substituents is 1. The van der Waals surface area contributed by atoms with Crippen molar-refractivity contribution in [3.8, 4) is 11.5 Å². The summed E-state index contributed by atoms with van der Waals surface area (Å²) < 4.78 is 9.85. The molecule has 1 aromatic heterocycles. The smallest absolute Gasteiger partial charge is 0.336 e. The molecule has 4 nitrogen and oxygen atoms in total. The minimum atomic E-state index is -0.471. The fraction of sp³-hybridized carbons (Fsp3) is 0.100. The van der Waals surface area contributed by atoms with Gasteiger partial charge in [-0.1, -0.05) is 0 Å². The number of ether oxygens (including phenoxy) is 1. The van der Waals surface area contributed by atoms with Crippen molar-refractivity contribution >= 4 is 11.0 Å². The molecule has 0 atom stereocenters. The molecule has 1 aromatic carbocycles. The maximum absolute atomic E-state index is 11.0. The molecular weight excluding hydrogens is 184 g/mol. The Balaban J connectivity index is 2.91. The Morgan fingerprint density at radius 1 is 1.29 bits per heavy atom. The lowest BCUT2D eigenvalue weighted by atomic mass is 10.2. The minimum absolute atomic E-state index is 0.0469. The molecule has 0 bridgehead atoms. The molecule has 0 aliphatic heterocycles. The number of hydrogen-bond donors (Lipinski definition) is 1. The van der Waals surface area contributed by atoms with E-state index in [4.69, 9.17) is 9.15 Å². The van der Waals surface area contributed by atoms with E-state index in [9.17, 15) is 9.90 Å². The van der Waals surface area contributed by atoms with Gasteiger partial charge in [0.1, 0.15) is 0 Å². The van der Waals surface area contributed by atoms with Crippen LogP contribution in [0.3, 0.4) is 0 Å². The van der Waals surface area contributed by atoms with Gasteiger partial charge in [0, 0.05) is 11.5 Å². The second-order valence-electron chi connectivity index (χ2n) is 2.79. The molecule has 14 heavy (non-hydrogen) atoms. The Morgan fingerprint density at radius 3 is 2.71 bits per heavy atom. The normalized spacial score (nSPS) is 10.4. The molecule has 0 amide bonds. The summed E-state index contributed by atoms with van der Waals surface area (Å²) in [4.78, 5) is 11.0.